The molecule has 0 aliphatic carbocycles. The molecular weight excluding hydrogens is 424 g/mol. The predicted octanol–water partition coefficient (Wildman–Crippen LogP) is 1.94. The number of nitrogens with zero attached hydrogens (tertiary/aromatic N) is 3. The second-order valence-corrected chi connectivity index (χ2v) is 9.63. The number of hydrogen-bond acceptors (Lipinski definition) is 8. The molecular formula is C20H24N4O6S. The first-order valence-electron chi connectivity index (χ1n) is 9.66. The van der Waals surface area contributed by atoms with Crippen molar-refractivity contribution in [1.29, 1.82) is 0 Å². The van der Waals surface area contributed by atoms with Gasteiger partial charge in [0, 0.05) is 49.8 Å². The molecule has 0 saturated carbocycles. The molecule has 31 heavy (non-hydrogen) atoms. The van der Waals surface area contributed by atoms with Crippen molar-refractivity contribution in [3.05, 3.63) is 57.8 Å². The van der Waals surface area contributed by atoms with Crippen LogP contribution in [0, 0.1) is 10.1 Å². The number of sulfone groups is 1. The normalized spacial score (nSPS) is 19.1. The molecule has 1 N–H and O–H groups in total. The molecule has 1 saturated heterocycles. The van der Waals surface area contributed by atoms with Gasteiger partial charge in [-0.15, -0.1) is 0 Å². The summed E-state index contributed by atoms with van der Waals surface area (Å²) in [5.41, 5.74) is 0.170. The van der Waals surface area contributed by atoms with Crippen molar-refractivity contribution >= 4 is 27.2 Å². The van der Waals surface area contributed by atoms with Crippen LogP contribution in [0.4, 0.5) is 11.5 Å². The van der Waals surface area contributed by atoms with Gasteiger partial charge in [-0.05, 0) is 31.5 Å². The minimum Gasteiger partial charge on any atom is -0.372 e. The molecule has 2 unspecified atom stereocenters. The Bertz CT molecular complexity index is 1080. The number of hydrogen-bond donors (Lipinski definition) is 1. The van der Waals surface area contributed by atoms with Crippen LogP contribution in [0.1, 0.15) is 29.8 Å². The number of nitro groups is 1. The Morgan fingerprint density at radius 1 is 1.26 bits per heavy atom. The molecule has 1 fully saturated rings. The fourth-order valence-corrected chi connectivity index (χ4v) is 4.07. The van der Waals surface area contributed by atoms with Crippen molar-refractivity contribution in [2.45, 2.75) is 37.5 Å². The molecule has 3 rings (SSSR count). The van der Waals surface area contributed by atoms with Crippen LogP contribution in [-0.4, -0.2) is 55.8 Å². The lowest BCUT2D eigenvalue weighted by atomic mass is 10.2. The van der Waals surface area contributed by atoms with E-state index in [1.54, 1.807) is 6.20 Å². The van der Waals surface area contributed by atoms with E-state index in [0.29, 0.717) is 0 Å². The SMILES string of the molecule is CC1CN(c2ccc(CNC(=O)c3cc([N+](=O)[O-])cc(S(C)(=O)=O)c3)cn2)CC(C)O1. The fourth-order valence-electron chi connectivity index (χ4n) is 3.39. The Morgan fingerprint density at radius 2 is 1.94 bits per heavy atom. The molecule has 11 heteroatoms. The van der Waals surface area contributed by atoms with Gasteiger partial charge in [-0.25, -0.2) is 13.4 Å². The highest BCUT2D eigenvalue weighted by atomic mass is 32.2. The molecule has 1 aromatic heterocycles. The summed E-state index contributed by atoms with van der Waals surface area (Å²) in [6.45, 7) is 5.63. The predicted molar refractivity (Wildman–Crippen MR) is 114 cm³/mol. The van der Waals surface area contributed by atoms with E-state index in [2.05, 4.69) is 15.2 Å². The summed E-state index contributed by atoms with van der Waals surface area (Å²) in [7, 11) is -3.71. The van der Waals surface area contributed by atoms with Crippen molar-refractivity contribution in [2.24, 2.45) is 0 Å². The lowest BCUT2D eigenvalue weighted by Crippen LogP contribution is -2.45. The molecule has 1 aliphatic rings. The van der Waals surface area contributed by atoms with E-state index in [0.717, 1.165) is 48.9 Å². The average molecular weight is 449 g/mol. The van der Waals surface area contributed by atoms with Crippen LogP contribution in [0.3, 0.4) is 0 Å². The summed E-state index contributed by atoms with van der Waals surface area (Å²) in [4.78, 5) is 29.2. The molecule has 166 valence electrons. The highest BCUT2D eigenvalue weighted by Gasteiger charge is 2.23. The number of rotatable bonds is 6. The second kappa shape index (κ2) is 8.98. The van der Waals surface area contributed by atoms with E-state index in [1.165, 1.54) is 0 Å². The van der Waals surface area contributed by atoms with Crippen LogP contribution < -0.4 is 10.2 Å². The van der Waals surface area contributed by atoms with E-state index >= 15 is 0 Å². The summed E-state index contributed by atoms with van der Waals surface area (Å²) in [5.74, 6) is 0.196. The Labute approximate surface area is 180 Å². The minimum absolute atomic E-state index is 0.101. The lowest BCUT2D eigenvalue weighted by molar-refractivity contribution is -0.385. The number of pyridine rings is 1. The number of nitrogens with one attached hydrogen (secondary N) is 1. The third-order valence-electron chi connectivity index (χ3n) is 4.80. The first kappa shape index (κ1) is 22.6. The summed E-state index contributed by atoms with van der Waals surface area (Å²) in [5, 5.41) is 13.7. The van der Waals surface area contributed by atoms with Gasteiger partial charge in [0.05, 0.1) is 22.0 Å². The van der Waals surface area contributed by atoms with Crippen molar-refractivity contribution in [1.82, 2.24) is 10.3 Å². The number of carbonyl (C=O) groups is 1. The standard InChI is InChI=1S/C20H24N4O6S/c1-13-11-23(12-14(2)30-13)19-5-4-15(9-21-19)10-22-20(25)16-6-17(24(26)27)8-18(7-16)31(3,28)29/h4-9,13-14H,10-12H2,1-3H3,(H,22,25). The van der Waals surface area contributed by atoms with Crippen molar-refractivity contribution in [3.63, 3.8) is 0 Å². The molecule has 0 radical (unpaired) electrons. The quantitative estimate of drug-likeness (QED) is 0.524. The maximum absolute atomic E-state index is 12.5. The van der Waals surface area contributed by atoms with Gasteiger partial charge in [-0.1, -0.05) is 6.07 Å². The number of aromatic nitrogens is 1. The van der Waals surface area contributed by atoms with Crippen molar-refractivity contribution < 1.29 is 22.9 Å². The van der Waals surface area contributed by atoms with Crippen LogP contribution >= 0.6 is 0 Å². The smallest absolute Gasteiger partial charge is 0.271 e. The Balaban J connectivity index is 1.69. The van der Waals surface area contributed by atoms with E-state index < -0.39 is 26.4 Å². The summed E-state index contributed by atoms with van der Waals surface area (Å²) >= 11 is 0. The number of ether oxygens (including phenoxy) is 1. The molecule has 1 amide bonds. The van der Waals surface area contributed by atoms with Gasteiger partial charge in [0.25, 0.3) is 11.6 Å². The summed E-state index contributed by atoms with van der Waals surface area (Å²) < 4.78 is 29.3. The van der Waals surface area contributed by atoms with Gasteiger partial charge in [-0.2, -0.15) is 0 Å². The van der Waals surface area contributed by atoms with Gasteiger partial charge in [-0.3, -0.25) is 14.9 Å². The molecule has 2 atom stereocenters. The molecule has 10 nitrogen and oxygen atoms in total. The van der Waals surface area contributed by atoms with E-state index in [1.807, 2.05) is 26.0 Å². The highest BCUT2D eigenvalue weighted by Crippen LogP contribution is 2.21. The maximum Gasteiger partial charge on any atom is 0.271 e. The number of benzene rings is 1. The van der Waals surface area contributed by atoms with Crippen LogP contribution in [0.15, 0.2) is 41.4 Å². The topological polar surface area (TPSA) is 132 Å². The average Bonchev–Trinajstić information content (AvgIpc) is 2.70. The van der Waals surface area contributed by atoms with Gasteiger partial charge in [0.15, 0.2) is 9.84 Å². The molecule has 1 aromatic carbocycles. The van der Waals surface area contributed by atoms with Gasteiger partial charge < -0.3 is 15.0 Å². The molecule has 2 aromatic rings. The first-order valence-corrected chi connectivity index (χ1v) is 11.5. The summed E-state index contributed by atoms with van der Waals surface area (Å²) in [6, 6.07) is 6.80. The van der Waals surface area contributed by atoms with Crippen molar-refractivity contribution in [3.8, 4) is 0 Å². The number of non-ortho nitro benzene ring substituents is 1. The monoisotopic (exact) mass is 448 g/mol. The Morgan fingerprint density at radius 3 is 2.48 bits per heavy atom. The zero-order valence-electron chi connectivity index (χ0n) is 17.4. The Hall–Kier alpha value is -3.05. The number of carbonyl (C=O) groups excluding carboxylic acids is 1. The van der Waals surface area contributed by atoms with Crippen LogP contribution in [-0.2, 0) is 21.1 Å². The lowest BCUT2D eigenvalue weighted by Gasteiger charge is -2.36. The molecule has 2 heterocycles. The van der Waals surface area contributed by atoms with E-state index in [4.69, 9.17) is 4.74 Å². The number of amides is 1. The number of nitro benzene ring substituents is 1. The molecule has 1 aliphatic heterocycles. The molecule has 0 spiro atoms. The Kier molecular flexibility index (Phi) is 6.56. The van der Waals surface area contributed by atoms with Gasteiger partial charge >= 0.3 is 0 Å². The van der Waals surface area contributed by atoms with Gasteiger partial charge in [0.2, 0.25) is 0 Å². The highest BCUT2D eigenvalue weighted by molar-refractivity contribution is 7.90. The second-order valence-electron chi connectivity index (χ2n) is 7.61. The van der Waals surface area contributed by atoms with E-state index in [9.17, 15) is 23.3 Å². The van der Waals surface area contributed by atoms with Gasteiger partial charge in [0.1, 0.15) is 5.82 Å². The third kappa shape index (κ3) is 5.76. The maximum atomic E-state index is 12.5. The van der Waals surface area contributed by atoms with Crippen molar-refractivity contribution in [2.75, 3.05) is 24.2 Å². The zero-order chi connectivity index (χ0) is 22.8. The fraction of sp³-hybridized carbons (Fsp3) is 0.400. The van der Waals surface area contributed by atoms with Crippen LogP contribution in [0.5, 0.6) is 0 Å². The van der Waals surface area contributed by atoms with Crippen LogP contribution in [0.25, 0.3) is 0 Å². The first-order chi connectivity index (χ1) is 14.5. The summed E-state index contributed by atoms with van der Waals surface area (Å²) in [6.07, 6.45) is 2.79. The largest absolute Gasteiger partial charge is 0.372 e. The number of morpholine rings is 1. The molecule has 0 bridgehead atoms. The van der Waals surface area contributed by atoms with E-state index in [-0.39, 0.29) is 29.2 Å². The third-order valence-corrected chi connectivity index (χ3v) is 5.89. The zero-order valence-corrected chi connectivity index (χ0v) is 18.3. The van der Waals surface area contributed by atoms with Crippen LogP contribution in [0.2, 0.25) is 0 Å². The number of anilines is 1. The minimum atomic E-state index is -3.71.